The molecule has 0 aromatic carbocycles. The highest BCUT2D eigenvalue weighted by Gasteiger charge is 2.17. The van der Waals surface area contributed by atoms with Gasteiger partial charge in [0.2, 0.25) is 0 Å². The smallest absolute Gasteiger partial charge is 0.168 e. The summed E-state index contributed by atoms with van der Waals surface area (Å²) in [6.45, 7) is 2.55. The molecule has 66 valence electrons. The number of aldehydes is 1. The third-order valence-corrected chi connectivity index (χ3v) is 1.98. The molecule has 0 spiro atoms. The zero-order chi connectivity index (χ0) is 9.14. The molecule has 1 aliphatic rings. The molecule has 0 fully saturated rings. The van der Waals surface area contributed by atoms with Crippen molar-refractivity contribution >= 4 is 12.0 Å². The maximum absolute atomic E-state index is 10.3. The number of hydrogen-bond donors (Lipinski definition) is 3. The third-order valence-electron chi connectivity index (χ3n) is 1.98. The molecule has 0 saturated heterocycles. The molecule has 1 heterocycles. The van der Waals surface area contributed by atoms with Crippen LogP contribution in [0.3, 0.4) is 0 Å². The van der Waals surface area contributed by atoms with E-state index in [4.69, 9.17) is 11.1 Å². The van der Waals surface area contributed by atoms with E-state index in [1.807, 2.05) is 6.92 Å². The van der Waals surface area contributed by atoms with Gasteiger partial charge in [0.1, 0.15) is 0 Å². The summed E-state index contributed by atoms with van der Waals surface area (Å²) in [6.07, 6.45) is 1.24. The third kappa shape index (κ3) is 1.71. The van der Waals surface area contributed by atoms with Gasteiger partial charge in [-0.15, -0.1) is 0 Å². The Balaban J connectivity index is 2.82. The van der Waals surface area contributed by atoms with E-state index in [1.165, 1.54) is 0 Å². The Morgan fingerprint density at radius 1 is 1.83 bits per heavy atom. The van der Waals surface area contributed by atoms with Crippen LogP contribution in [0.2, 0.25) is 0 Å². The molecule has 0 aromatic rings. The van der Waals surface area contributed by atoms with Gasteiger partial charge in [-0.3, -0.25) is 10.2 Å². The van der Waals surface area contributed by atoms with Crippen LogP contribution in [0.1, 0.15) is 13.3 Å². The van der Waals surface area contributed by atoms with Crippen molar-refractivity contribution in [2.45, 2.75) is 19.4 Å². The van der Waals surface area contributed by atoms with E-state index in [2.05, 4.69) is 5.32 Å². The lowest BCUT2D eigenvalue weighted by Gasteiger charge is -2.23. The van der Waals surface area contributed by atoms with Gasteiger partial charge in [0.05, 0.1) is 5.71 Å². The Labute approximate surface area is 71.3 Å². The van der Waals surface area contributed by atoms with Crippen LogP contribution < -0.4 is 11.1 Å². The molecule has 0 aliphatic carbocycles. The van der Waals surface area contributed by atoms with Crippen molar-refractivity contribution in [2.24, 2.45) is 5.73 Å². The normalized spacial score (nSPS) is 23.9. The molecule has 1 atom stereocenters. The number of carbonyl (C=O) groups excluding carboxylic acids is 1. The fraction of sp³-hybridized carbons (Fsp3) is 0.500. The van der Waals surface area contributed by atoms with Gasteiger partial charge in [0.25, 0.3) is 0 Å². The lowest BCUT2D eigenvalue weighted by atomic mass is 10.00. The second kappa shape index (κ2) is 3.49. The molecule has 1 rings (SSSR count). The molecule has 0 radical (unpaired) electrons. The Hall–Kier alpha value is -1.16. The number of carbonyl (C=O) groups is 1. The maximum Gasteiger partial charge on any atom is 0.168 e. The topological polar surface area (TPSA) is 79.0 Å². The summed E-state index contributed by atoms with van der Waals surface area (Å²) in [5.41, 5.74) is 6.99. The molecule has 4 heteroatoms. The molecule has 4 N–H and O–H groups in total. The van der Waals surface area contributed by atoms with Crippen LogP contribution in [0.4, 0.5) is 0 Å². The summed E-state index contributed by atoms with van der Waals surface area (Å²) in [5.74, 6) is 0. The lowest BCUT2D eigenvalue weighted by Crippen LogP contribution is -2.37. The van der Waals surface area contributed by atoms with Gasteiger partial charge in [-0.1, -0.05) is 0 Å². The number of nitrogens with two attached hydrogens (primary N) is 1. The molecule has 0 aromatic heterocycles. The van der Waals surface area contributed by atoms with Gasteiger partial charge < -0.3 is 11.1 Å². The highest BCUT2D eigenvalue weighted by Crippen LogP contribution is 2.11. The second-order valence-electron chi connectivity index (χ2n) is 3.02. The average molecular weight is 167 g/mol. The highest BCUT2D eigenvalue weighted by molar-refractivity contribution is 6.35. The van der Waals surface area contributed by atoms with E-state index >= 15 is 0 Å². The SMILES string of the molecule is C[C@@H]1CC(N)=C(C(=N)C=O)CN1. The van der Waals surface area contributed by atoms with Gasteiger partial charge in [-0.2, -0.15) is 0 Å². The molecule has 1 aliphatic heterocycles. The first-order valence-electron chi connectivity index (χ1n) is 3.90. The van der Waals surface area contributed by atoms with Crippen LogP contribution in [0.25, 0.3) is 0 Å². The first kappa shape index (κ1) is 8.93. The number of nitrogens with one attached hydrogen (secondary N) is 2. The predicted molar refractivity (Wildman–Crippen MR) is 47.1 cm³/mol. The van der Waals surface area contributed by atoms with Crippen molar-refractivity contribution in [1.29, 1.82) is 5.41 Å². The van der Waals surface area contributed by atoms with Gasteiger partial charge >= 0.3 is 0 Å². The van der Waals surface area contributed by atoms with Crippen LogP contribution in [0.5, 0.6) is 0 Å². The van der Waals surface area contributed by atoms with Gasteiger partial charge in [-0.25, -0.2) is 0 Å². The van der Waals surface area contributed by atoms with Crippen molar-refractivity contribution < 1.29 is 4.79 Å². The maximum atomic E-state index is 10.3. The van der Waals surface area contributed by atoms with Gasteiger partial charge in [0.15, 0.2) is 6.29 Å². The average Bonchev–Trinajstić information content (AvgIpc) is 2.03. The number of hydrogen-bond acceptors (Lipinski definition) is 4. The molecule has 0 bridgehead atoms. The minimum Gasteiger partial charge on any atom is -0.402 e. The van der Waals surface area contributed by atoms with Crippen molar-refractivity contribution in [1.82, 2.24) is 5.32 Å². The van der Waals surface area contributed by atoms with E-state index in [0.717, 1.165) is 0 Å². The lowest BCUT2D eigenvalue weighted by molar-refractivity contribution is -0.102. The van der Waals surface area contributed by atoms with Crippen LogP contribution in [0.15, 0.2) is 11.3 Å². The molecule has 4 nitrogen and oxygen atoms in total. The summed E-state index contributed by atoms with van der Waals surface area (Å²) in [6, 6.07) is 0.341. The minimum atomic E-state index is -0.00750. The standard InChI is InChI=1S/C8H13N3O/c1-5-2-7(9)6(3-11-5)8(10)4-12/h4-5,10-11H,2-3,9H2,1H3/t5-/m1/s1. The summed E-state index contributed by atoms with van der Waals surface area (Å²) in [7, 11) is 0. The number of rotatable bonds is 2. The largest absolute Gasteiger partial charge is 0.402 e. The summed E-state index contributed by atoms with van der Waals surface area (Å²) < 4.78 is 0. The monoisotopic (exact) mass is 167 g/mol. The summed E-state index contributed by atoms with van der Waals surface area (Å²) in [4.78, 5) is 10.3. The summed E-state index contributed by atoms with van der Waals surface area (Å²) in [5, 5.41) is 10.4. The van der Waals surface area contributed by atoms with Crippen LogP contribution >= 0.6 is 0 Å². The van der Waals surface area contributed by atoms with E-state index < -0.39 is 0 Å². The van der Waals surface area contributed by atoms with E-state index in [0.29, 0.717) is 36.6 Å². The Bertz CT molecular complexity index is 245. The van der Waals surface area contributed by atoms with Gasteiger partial charge in [0, 0.05) is 30.3 Å². The van der Waals surface area contributed by atoms with Crippen LogP contribution in [-0.2, 0) is 4.79 Å². The Morgan fingerprint density at radius 3 is 3.00 bits per heavy atom. The predicted octanol–water partition coefficient (Wildman–Crippen LogP) is -0.200. The van der Waals surface area contributed by atoms with Crippen molar-refractivity contribution in [2.75, 3.05) is 6.54 Å². The fourth-order valence-corrected chi connectivity index (χ4v) is 1.25. The minimum absolute atomic E-state index is 0.00750. The van der Waals surface area contributed by atoms with Crippen LogP contribution in [-0.4, -0.2) is 24.6 Å². The quantitative estimate of drug-likeness (QED) is 0.393. The van der Waals surface area contributed by atoms with E-state index in [1.54, 1.807) is 0 Å². The highest BCUT2D eigenvalue weighted by atomic mass is 16.1. The first-order chi connectivity index (χ1) is 5.65. The van der Waals surface area contributed by atoms with Crippen molar-refractivity contribution in [3.63, 3.8) is 0 Å². The first-order valence-corrected chi connectivity index (χ1v) is 3.90. The zero-order valence-corrected chi connectivity index (χ0v) is 7.05. The molecule has 0 amide bonds. The molecular weight excluding hydrogens is 154 g/mol. The van der Waals surface area contributed by atoms with Crippen molar-refractivity contribution in [3.05, 3.63) is 11.3 Å². The zero-order valence-electron chi connectivity index (χ0n) is 7.05. The molecular formula is C8H13N3O. The van der Waals surface area contributed by atoms with Crippen LogP contribution in [0, 0.1) is 5.41 Å². The van der Waals surface area contributed by atoms with Crippen molar-refractivity contribution in [3.8, 4) is 0 Å². The van der Waals surface area contributed by atoms with Gasteiger partial charge in [-0.05, 0) is 6.92 Å². The molecule has 0 saturated carbocycles. The Morgan fingerprint density at radius 2 is 2.50 bits per heavy atom. The molecule has 0 unspecified atom stereocenters. The fourth-order valence-electron chi connectivity index (χ4n) is 1.25. The second-order valence-corrected chi connectivity index (χ2v) is 3.02. The Kier molecular flexibility index (Phi) is 2.60. The van der Waals surface area contributed by atoms with E-state index in [-0.39, 0.29) is 5.71 Å². The summed E-state index contributed by atoms with van der Waals surface area (Å²) >= 11 is 0. The van der Waals surface area contributed by atoms with E-state index in [9.17, 15) is 4.79 Å². The molecule has 12 heavy (non-hydrogen) atoms.